The van der Waals surface area contributed by atoms with E-state index in [0.29, 0.717) is 22.4 Å². The van der Waals surface area contributed by atoms with Crippen LogP contribution in [0.3, 0.4) is 0 Å². The molecule has 3 N–H and O–H groups in total. The summed E-state index contributed by atoms with van der Waals surface area (Å²) in [6.07, 6.45) is 0. The molecule has 1 heterocycles. The summed E-state index contributed by atoms with van der Waals surface area (Å²) >= 11 is 7.45. The maximum absolute atomic E-state index is 12.5. The van der Waals surface area contributed by atoms with Gasteiger partial charge in [0, 0.05) is 10.7 Å². The second-order valence-corrected chi connectivity index (χ2v) is 9.95. The van der Waals surface area contributed by atoms with Crippen molar-refractivity contribution in [1.29, 1.82) is 0 Å². The lowest BCUT2D eigenvalue weighted by atomic mass is 10.2. The molecule has 0 fully saturated rings. The number of anilines is 1. The van der Waals surface area contributed by atoms with Crippen molar-refractivity contribution in [2.75, 3.05) is 11.1 Å². The highest BCUT2D eigenvalue weighted by Crippen LogP contribution is 2.27. The van der Waals surface area contributed by atoms with Crippen molar-refractivity contribution in [3.8, 4) is 0 Å². The minimum atomic E-state index is -3.78. The van der Waals surface area contributed by atoms with Crippen molar-refractivity contribution >= 4 is 56.0 Å². The van der Waals surface area contributed by atoms with Gasteiger partial charge in [0.25, 0.3) is 0 Å². The second-order valence-electron chi connectivity index (χ2n) is 7.01. The highest BCUT2D eigenvalue weighted by atomic mass is 35.5. The summed E-state index contributed by atoms with van der Waals surface area (Å²) in [7, 11) is -3.78. The highest BCUT2D eigenvalue weighted by molar-refractivity contribution is 7.99. The van der Waals surface area contributed by atoms with E-state index in [1.54, 1.807) is 6.07 Å². The molecule has 1 aromatic heterocycles. The Hall–Kier alpha value is -2.85. The molecule has 0 atom stereocenters. The summed E-state index contributed by atoms with van der Waals surface area (Å²) < 4.78 is 24.8. The van der Waals surface area contributed by atoms with E-state index < -0.39 is 10.0 Å². The van der Waals surface area contributed by atoms with Crippen molar-refractivity contribution in [2.24, 2.45) is 5.14 Å². The summed E-state index contributed by atoms with van der Waals surface area (Å²) in [5.74, 6) is -0.113. The molecule has 10 heteroatoms. The molecule has 0 radical (unpaired) electrons. The average molecular weight is 487 g/mol. The molecule has 7 nitrogen and oxygen atoms in total. The fourth-order valence-corrected chi connectivity index (χ4v) is 4.66. The Morgan fingerprint density at radius 3 is 2.47 bits per heavy atom. The van der Waals surface area contributed by atoms with Crippen LogP contribution in [0.1, 0.15) is 5.56 Å². The lowest BCUT2D eigenvalue weighted by Crippen LogP contribution is -2.15. The smallest absolute Gasteiger partial charge is 0.238 e. The first kappa shape index (κ1) is 22.3. The molecular formula is C22H19ClN4O3S2. The molecule has 4 rings (SSSR count). The normalized spacial score (nSPS) is 11.6. The Bertz CT molecular complexity index is 1370. The maximum Gasteiger partial charge on any atom is 0.238 e. The zero-order valence-electron chi connectivity index (χ0n) is 16.7. The third-order valence-electron chi connectivity index (χ3n) is 4.66. The molecule has 0 bridgehead atoms. The van der Waals surface area contributed by atoms with E-state index in [9.17, 15) is 13.2 Å². The SMILES string of the molecule is NS(=O)(=O)c1ccc(NC(=O)CSc2nc3cc(Cl)ccc3n2Cc2ccccc2)cc1. The van der Waals surface area contributed by atoms with E-state index in [0.717, 1.165) is 16.6 Å². The van der Waals surface area contributed by atoms with Crippen LogP contribution in [-0.4, -0.2) is 29.6 Å². The number of imidazole rings is 1. The van der Waals surface area contributed by atoms with E-state index >= 15 is 0 Å². The van der Waals surface area contributed by atoms with Crippen LogP contribution >= 0.6 is 23.4 Å². The number of nitrogens with two attached hydrogens (primary N) is 1. The lowest BCUT2D eigenvalue weighted by molar-refractivity contribution is -0.113. The maximum atomic E-state index is 12.5. The predicted molar refractivity (Wildman–Crippen MR) is 127 cm³/mol. The molecule has 1 amide bonds. The molecule has 0 spiro atoms. The number of sulfonamides is 1. The van der Waals surface area contributed by atoms with Gasteiger partial charge >= 0.3 is 0 Å². The summed E-state index contributed by atoms with van der Waals surface area (Å²) in [6.45, 7) is 0.609. The number of aromatic nitrogens is 2. The number of fused-ring (bicyclic) bond motifs is 1. The molecule has 4 aromatic rings. The van der Waals surface area contributed by atoms with Gasteiger partial charge in [-0.25, -0.2) is 18.5 Å². The molecule has 0 aliphatic heterocycles. The van der Waals surface area contributed by atoms with Crippen LogP contribution in [0.25, 0.3) is 11.0 Å². The average Bonchev–Trinajstić information content (AvgIpc) is 3.09. The number of carbonyl (C=O) groups is 1. The van der Waals surface area contributed by atoms with Gasteiger partial charge in [0.05, 0.1) is 28.2 Å². The number of halogens is 1. The molecule has 0 aliphatic rings. The first-order valence-corrected chi connectivity index (χ1v) is 12.5. The van der Waals surface area contributed by atoms with Crippen LogP contribution < -0.4 is 10.5 Å². The van der Waals surface area contributed by atoms with Gasteiger partial charge in [-0.15, -0.1) is 0 Å². The van der Waals surface area contributed by atoms with E-state index in [1.165, 1.54) is 36.0 Å². The summed E-state index contributed by atoms with van der Waals surface area (Å²) in [6, 6.07) is 21.2. The van der Waals surface area contributed by atoms with Crippen LogP contribution in [0.2, 0.25) is 5.02 Å². The van der Waals surface area contributed by atoms with E-state index in [-0.39, 0.29) is 16.6 Å². The zero-order chi connectivity index (χ0) is 22.7. The van der Waals surface area contributed by atoms with E-state index in [2.05, 4.69) is 14.9 Å². The fraction of sp³-hybridized carbons (Fsp3) is 0.0909. The monoisotopic (exact) mass is 486 g/mol. The topological polar surface area (TPSA) is 107 Å². The molecule has 0 saturated heterocycles. The number of rotatable bonds is 7. The van der Waals surface area contributed by atoms with Gasteiger partial charge in [0.1, 0.15) is 0 Å². The Labute approximate surface area is 194 Å². The molecule has 0 unspecified atom stereocenters. The minimum Gasteiger partial charge on any atom is -0.325 e. The Kier molecular flexibility index (Phi) is 6.52. The molecular weight excluding hydrogens is 468 g/mol. The quantitative estimate of drug-likeness (QED) is 0.382. The number of nitrogens with one attached hydrogen (secondary N) is 1. The number of amides is 1. The first-order valence-electron chi connectivity index (χ1n) is 9.55. The number of benzene rings is 3. The van der Waals surface area contributed by atoms with Gasteiger partial charge in [-0.1, -0.05) is 53.7 Å². The van der Waals surface area contributed by atoms with Gasteiger partial charge in [-0.05, 0) is 48.0 Å². The van der Waals surface area contributed by atoms with Crippen LogP contribution in [0, 0.1) is 0 Å². The number of hydrogen-bond donors (Lipinski definition) is 2. The van der Waals surface area contributed by atoms with Gasteiger partial charge in [-0.2, -0.15) is 0 Å². The van der Waals surface area contributed by atoms with Gasteiger partial charge in [-0.3, -0.25) is 4.79 Å². The van der Waals surface area contributed by atoms with E-state index in [4.69, 9.17) is 16.7 Å². The van der Waals surface area contributed by atoms with Crippen molar-refractivity contribution < 1.29 is 13.2 Å². The summed E-state index contributed by atoms with van der Waals surface area (Å²) in [5.41, 5.74) is 3.28. The molecule has 0 saturated carbocycles. The van der Waals surface area contributed by atoms with Crippen molar-refractivity contribution in [3.63, 3.8) is 0 Å². The number of primary sulfonamides is 1. The molecule has 3 aromatic carbocycles. The fourth-order valence-electron chi connectivity index (χ4n) is 3.16. The standard InChI is InChI=1S/C22H19ClN4O3S2/c23-16-6-11-20-19(12-16)26-22(27(20)13-15-4-2-1-3-5-15)31-14-21(28)25-17-7-9-18(10-8-17)32(24,29)30/h1-12H,13-14H2,(H,25,28)(H2,24,29,30). The predicted octanol–water partition coefficient (Wildman–Crippen LogP) is 4.12. The number of carbonyl (C=O) groups excluding carboxylic acids is 1. The Balaban J connectivity index is 1.51. The van der Waals surface area contributed by atoms with Crippen molar-refractivity contribution in [1.82, 2.24) is 9.55 Å². The van der Waals surface area contributed by atoms with Gasteiger partial charge in [0.2, 0.25) is 15.9 Å². The largest absolute Gasteiger partial charge is 0.325 e. The number of hydrogen-bond acceptors (Lipinski definition) is 5. The minimum absolute atomic E-state index is 0.0156. The Morgan fingerprint density at radius 2 is 1.78 bits per heavy atom. The van der Waals surface area contributed by atoms with Gasteiger partial charge in [0.15, 0.2) is 5.16 Å². The first-order chi connectivity index (χ1) is 15.3. The van der Waals surface area contributed by atoms with Crippen LogP contribution in [0.5, 0.6) is 0 Å². The van der Waals surface area contributed by atoms with E-state index in [1.807, 2.05) is 42.5 Å². The Morgan fingerprint density at radius 1 is 1.06 bits per heavy atom. The zero-order valence-corrected chi connectivity index (χ0v) is 19.1. The number of thioether (sulfide) groups is 1. The third-order valence-corrected chi connectivity index (χ3v) is 6.80. The number of nitrogens with zero attached hydrogens (tertiary/aromatic N) is 2. The second kappa shape index (κ2) is 9.33. The highest BCUT2D eigenvalue weighted by Gasteiger charge is 2.15. The van der Waals surface area contributed by atoms with Crippen LogP contribution in [-0.2, 0) is 21.4 Å². The third kappa shape index (κ3) is 5.31. The van der Waals surface area contributed by atoms with Crippen LogP contribution in [0.15, 0.2) is 82.8 Å². The van der Waals surface area contributed by atoms with Crippen LogP contribution in [0.4, 0.5) is 5.69 Å². The summed E-state index contributed by atoms with van der Waals surface area (Å²) in [5, 5.41) is 9.14. The van der Waals surface area contributed by atoms with Crippen molar-refractivity contribution in [2.45, 2.75) is 16.6 Å². The van der Waals surface area contributed by atoms with Gasteiger partial charge < -0.3 is 9.88 Å². The van der Waals surface area contributed by atoms with Crippen molar-refractivity contribution in [3.05, 3.63) is 83.4 Å². The molecule has 0 aliphatic carbocycles. The molecule has 32 heavy (non-hydrogen) atoms. The lowest BCUT2D eigenvalue weighted by Gasteiger charge is -2.10. The molecule has 164 valence electrons. The summed E-state index contributed by atoms with van der Waals surface area (Å²) in [4.78, 5) is 17.1.